The molecule has 0 saturated carbocycles. The number of nitrogens with zero attached hydrogens (tertiary/aromatic N) is 5. The number of likely N-dealkylation sites (N-methyl/N-ethyl adjacent to an activating group) is 1. The van der Waals surface area contributed by atoms with Gasteiger partial charge in [-0.15, -0.1) is 5.10 Å². The van der Waals surface area contributed by atoms with Crippen molar-refractivity contribution in [3.63, 3.8) is 0 Å². The molecule has 6 nitrogen and oxygen atoms in total. The lowest BCUT2D eigenvalue weighted by atomic mass is 10.1. The molecule has 0 aliphatic carbocycles. The fourth-order valence-electron chi connectivity index (χ4n) is 3.82. The molecule has 3 heterocycles. The van der Waals surface area contributed by atoms with Crippen molar-refractivity contribution in [2.45, 2.75) is 0 Å². The Labute approximate surface area is 157 Å². The van der Waals surface area contributed by atoms with E-state index in [2.05, 4.69) is 69.4 Å². The zero-order valence-corrected chi connectivity index (χ0v) is 15.3. The van der Waals surface area contributed by atoms with E-state index in [1.54, 1.807) is 0 Å². The van der Waals surface area contributed by atoms with E-state index in [0.29, 0.717) is 0 Å². The molecule has 1 fully saturated rings. The summed E-state index contributed by atoms with van der Waals surface area (Å²) in [5.41, 5.74) is 11.2. The minimum atomic E-state index is 0.280. The van der Waals surface area contributed by atoms with E-state index in [-0.39, 0.29) is 5.95 Å². The van der Waals surface area contributed by atoms with Crippen molar-refractivity contribution in [3.8, 4) is 11.3 Å². The predicted molar refractivity (Wildman–Crippen MR) is 110 cm³/mol. The van der Waals surface area contributed by atoms with Gasteiger partial charge in [-0.2, -0.15) is 0 Å². The van der Waals surface area contributed by atoms with Crippen LogP contribution in [0.1, 0.15) is 0 Å². The average molecular weight is 358 g/mol. The van der Waals surface area contributed by atoms with Crippen LogP contribution in [0.3, 0.4) is 0 Å². The Kier molecular flexibility index (Phi) is 3.72. The highest BCUT2D eigenvalue weighted by Crippen LogP contribution is 2.29. The van der Waals surface area contributed by atoms with Crippen molar-refractivity contribution in [1.82, 2.24) is 19.5 Å². The Balaban J connectivity index is 1.57. The van der Waals surface area contributed by atoms with Crippen LogP contribution in [-0.4, -0.2) is 52.7 Å². The molecule has 5 rings (SSSR count). The Morgan fingerprint density at radius 2 is 1.63 bits per heavy atom. The number of hydrogen-bond acceptors (Lipinski definition) is 5. The van der Waals surface area contributed by atoms with Crippen molar-refractivity contribution in [2.24, 2.45) is 0 Å². The number of hydrogen-bond donors (Lipinski definition) is 1. The second-order valence-corrected chi connectivity index (χ2v) is 7.16. The standard InChI is InChI=1S/C21H22N6/c1-25-10-12-26(13-11-25)17-8-6-15(7-9-17)20-19-14-16-4-2-3-5-18(16)27(19)24-21(22)23-20/h2-9,14H,10-13H2,1H3,(H2,22,24). The molecule has 0 amide bonds. The molecular weight excluding hydrogens is 336 g/mol. The number of nitrogens with two attached hydrogens (primary N) is 1. The number of anilines is 2. The number of para-hydroxylation sites is 1. The molecule has 27 heavy (non-hydrogen) atoms. The van der Waals surface area contributed by atoms with Gasteiger partial charge in [-0.05, 0) is 31.3 Å². The fraction of sp³-hybridized carbons (Fsp3) is 0.238. The van der Waals surface area contributed by atoms with Crippen molar-refractivity contribution >= 4 is 28.1 Å². The third-order valence-corrected chi connectivity index (χ3v) is 5.37. The zero-order valence-electron chi connectivity index (χ0n) is 15.3. The molecule has 2 N–H and O–H groups in total. The SMILES string of the molecule is CN1CCN(c2ccc(-c3nc(N)nn4c3cc3ccccc34)cc2)CC1. The highest BCUT2D eigenvalue weighted by atomic mass is 15.3. The summed E-state index contributed by atoms with van der Waals surface area (Å²) in [6, 6.07) is 18.9. The fourth-order valence-corrected chi connectivity index (χ4v) is 3.82. The monoisotopic (exact) mass is 358 g/mol. The molecule has 0 bridgehead atoms. The van der Waals surface area contributed by atoms with Gasteiger partial charge in [-0.3, -0.25) is 0 Å². The normalized spacial score (nSPS) is 15.7. The maximum atomic E-state index is 6.02. The first-order valence-electron chi connectivity index (χ1n) is 9.27. The van der Waals surface area contributed by atoms with Crippen LogP contribution in [0.15, 0.2) is 54.6 Å². The average Bonchev–Trinajstić information content (AvgIpc) is 3.07. The lowest BCUT2D eigenvalue weighted by Gasteiger charge is -2.34. The second kappa shape index (κ2) is 6.25. The topological polar surface area (TPSA) is 62.7 Å². The first kappa shape index (κ1) is 16.1. The van der Waals surface area contributed by atoms with Gasteiger partial charge in [0.2, 0.25) is 5.95 Å². The summed E-state index contributed by atoms with van der Waals surface area (Å²) >= 11 is 0. The van der Waals surface area contributed by atoms with Gasteiger partial charge in [0.15, 0.2) is 0 Å². The third-order valence-electron chi connectivity index (χ3n) is 5.37. The molecule has 2 aromatic carbocycles. The number of nitrogen functional groups attached to an aromatic ring is 1. The van der Waals surface area contributed by atoms with Crippen molar-refractivity contribution in [2.75, 3.05) is 43.9 Å². The van der Waals surface area contributed by atoms with E-state index in [1.165, 1.54) is 5.69 Å². The van der Waals surface area contributed by atoms with Gasteiger partial charge in [0.1, 0.15) is 5.69 Å². The van der Waals surface area contributed by atoms with Crippen LogP contribution >= 0.6 is 0 Å². The highest BCUT2D eigenvalue weighted by molar-refractivity contribution is 5.92. The maximum Gasteiger partial charge on any atom is 0.239 e. The number of piperazine rings is 1. The van der Waals surface area contributed by atoms with Crippen molar-refractivity contribution in [3.05, 3.63) is 54.6 Å². The number of benzene rings is 2. The van der Waals surface area contributed by atoms with Gasteiger partial charge >= 0.3 is 0 Å². The van der Waals surface area contributed by atoms with E-state index in [4.69, 9.17) is 5.73 Å². The Hall–Kier alpha value is -3.12. The van der Waals surface area contributed by atoms with Crippen LogP contribution in [-0.2, 0) is 0 Å². The van der Waals surface area contributed by atoms with Crippen molar-refractivity contribution < 1.29 is 0 Å². The van der Waals surface area contributed by atoms with E-state index in [9.17, 15) is 0 Å². The van der Waals surface area contributed by atoms with Crippen LogP contribution < -0.4 is 10.6 Å². The third kappa shape index (κ3) is 2.78. The number of rotatable bonds is 2. The molecule has 4 aromatic rings. The summed E-state index contributed by atoms with van der Waals surface area (Å²) in [6.45, 7) is 4.32. The molecule has 0 unspecified atom stereocenters. The summed E-state index contributed by atoms with van der Waals surface area (Å²) in [7, 11) is 2.17. The van der Waals surface area contributed by atoms with Gasteiger partial charge in [0, 0.05) is 42.8 Å². The summed E-state index contributed by atoms with van der Waals surface area (Å²) in [5, 5.41) is 5.55. The molecule has 0 radical (unpaired) electrons. The van der Waals surface area contributed by atoms with Crippen LogP contribution in [0.25, 0.3) is 27.7 Å². The first-order chi connectivity index (χ1) is 13.2. The van der Waals surface area contributed by atoms with Gasteiger partial charge in [-0.1, -0.05) is 30.3 Å². The molecular formula is C21H22N6. The molecule has 6 heteroatoms. The van der Waals surface area contributed by atoms with Gasteiger partial charge in [-0.25, -0.2) is 9.50 Å². The largest absolute Gasteiger partial charge is 0.369 e. The van der Waals surface area contributed by atoms with E-state index >= 15 is 0 Å². The maximum absolute atomic E-state index is 6.02. The molecule has 1 aliphatic heterocycles. The Morgan fingerprint density at radius 1 is 0.889 bits per heavy atom. The van der Waals surface area contributed by atoms with Crippen LogP contribution in [0.4, 0.5) is 11.6 Å². The summed E-state index contributed by atoms with van der Waals surface area (Å²) < 4.78 is 1.89. The van der Waals surface area contributed by atoms with Crippen molar-refractivity contribution in [1.29, 1.82) is 0 Å². The Morgan fingerprint density at radius 3 is 2.41 bits per heavy atom. The lowest BCUT2D eigenvalue weighted by molar-refractivity contribution is 0.313. The van der Waals surface area contributed by atoms with Crippen LogP contribution in [0.2, 0.25) is 0 Å². The van der Waals surface area contributed by atoms with E-state index in [0.717, 1.165) is 53.9 Å². The number of fused-ring (bicyclic) bond motifs is 3. The Bertz CT molecular complexity index is 1110. The molecule has 1 saturated heterocycles. The first-order valence-corrected chi connectivity index (χ1v) is 9.27. The van der Waals surface area contributed by atoms with Gasteiger partial charge < -0.3 is 15.5 Å². The second-order valence-electron chi connectivity index (χ2n) is 7.16. The lowest BCUT2D eigenvalue weighted by Crippen LogP contribution is -2.44. The summed E-state index contributed by atoms with van der Waals surface area (Å²) in [5.74, 6) is 0.280. The molecule has 0 spiro atoms. The van der Waals surface area contributed by atoms with Gasteiger partial charge in [0.25, 0.3) is 0 Å². The van der Waals surface area contributed by atoms with Crippen LogP contribution in [0, 0.1) is 0 Å². The zero-order chi connectivity index (χ0) is 18.4. The quantitative estimate of drug-likeness (QED) is 0.597. The molecule has 0 atom stereocenters. The minimum absolute atomic E-state index is 0.280. The van der Waals surface area contributed by atoms with E-state index < -0.39 is 0 Å². The smallest absolute Gasteiger partial charge is 0.239 e. The van der Waals surface area contributed by atoms with Crippen LogP contribution in [0.5, 0.6) is 0 Å². The molecule has 1 aliphatic rings. The van der Waals surface area contributed by atoms with Gasteiger partial charge in [0.05, 0.1) is 11.0 Å². The van der Waals surface area contributed by atoms with E-state index in [1.807, 2.05) is 16.6 Å². The summed E-state index contributed by atoms with van der Waals surface area (Å²) in [4.78, 5) is 9.34. The number of aromatic nitrogens is 3. The highest BCUT2D eigenvalue weighted by Gasteiger charge is 2.16. The predicted octanol–water partition coefficient (Wildman–Crippen LogP) is 2.88. The summed E-state index contributed by atoms with van der Waals surface area (Å²) in [6.07, 6.45) is 0. The molecule has 136 valence electrons. The molecule has 2 aromatic heterocycles. The minimum Gasteiger partial charge on any atom is -0.369 e.